The van der Waals surface area contributed by atoms with Crippen LogP contribution in [0.2, 0.25) is 5.02 Å². The molecule has 33 heavy (non-hydrogen) atoms. The summed E-state index contributed by atoms with van der Waals surface area (Å²) in [6.45, 7) is 1.96. The van der Waals surface area contributed by atoms with Crippen LogP contribution in [0.15, 0.2) is 77.6 Å². The molecule has 0 fully saturated rings. The summed E-state index contributed by atoms with van der Waals surface area (Å²) in [5.74, 6) is 0.880. The van der Waals surface area contributed by atoms with Crippen LogP contribution >= 0.6 is 11.6 Å². The van der Waals surface area contributed by atoms with Crippen molar-refractivity contribution >= 4 is 28.4 Å². The summed E-state index contributed by atoms with van der Waals surface area (Å²) in [6.07, 6.45) is 0.553. The average molecular weight is 462 g/mol. The van der Waals surface area contributed by atoms with Gasteiger partial charge in [-0.2, -0.15) is 0 Å². The fourth-order valence-corrected chi connectivity index (χ4v) is 4.15. The first-order chi connectivity index (χ1) is 15.9. The highest BCUT2D eigenvalue weighted by atomic mass is 35.5. The van der Waals surface area contributed by atoms with E-state index in [4.69, 9.17) is 21.3 Å². The van der Waals surface area contributed by atoms with Gasteiger partial charge in [-0.1, -0.05) is 42.8 Å². The molecule has 0 aliphatic heterocycles. The molecule has 0 aliphatic rings. The topological polar surface area (TPSA) is 64.4 Å². The van der Waals surface area contributed by atoms with Crippen molar-refractivity contribution in [1.29, 1.82) is 0 Å². The smallest absolute Gasteiger partial charge is 0.266 e. The Morgan fingerprint density at radius 1 is 1.09 bits per heavy atom. The number of carbonyl (C=O) groups excluding carboxylic acids is 1. The van der Waals surface area contributed by atoms with Crippen LogP contribution in [0.3, 0.4) is 0 Å². The second-order valence-electron chi connectivity index (χ2n) is 7.68. The molecule has 4 aromatic rings. The fraction of sp³-hybridized carbons (Fsp3) is 0.192. The Bertz CT molecular complexity index is 1380. The van der Waals surface area contributed by atoms with E-state index >= 15 is 0 Å². The number of amides is 1. The molecule has 7 heteroatoms. The molecule has 3 aromatic carbocycles. The average Bonchev–Trinajstić information content (AvgIpc) is 2.84. The first-order valence-electron chi connectivity index (χ1n) is 10.6. The lowest BCUT2D eigenvalue weighted by Gasteiger charge is -2.29. The van der Waals surface area contributed by atoms with Crippen molar-refractivity contribution in [2.45, 2.75) is 19.4 Å². The van der Waals surface area contributed by atoms with Gasteiger partial charge in [0.15, 0.2) is 0 Å². The van der Waals surface area contributed by atoms with Crippen molar-refractivity contribution in [3.63, 3.8) is 0 Å². The van der Waals surface area contributed by atoms with Gasteiger partial charge >= 0.3 is 0 Å². The number of aromatic nitrogens is 2. The predicted octanol–water partition coefficient (Wildman–Crippen LogP) is 5.27. The number of nitrogens with zero attached hydrogens (tertiary/aromatic N) is 3. The molecule has 1 unspecified atom stereocenters. The molecule has 4 rings (SSSR count). The maximum absolute atomic E-state index is 13.6. The Morgan fingerprint density at radius 2 is 1.85 bits per heavy atom. The van der Waals surface area contributed by atoms with Gasteiger partial charge in [0.05, 0.1) is 29.7 Å². The first-order valence-corrected chi connectivity index (χ1v) is 11.0. The van der Waals surface area contributed by atoms with Crippen molar-refractivity contribution < 1.29 is 9.53 Å². The van der Waals surface area contributed by atoms with Gasteiger partial charge in [-0.3, -0.25) is 14.2 Å². The highest BCUT2D eigenvalue weighted by Crippen LogP contribution is 2.27. The zero-order valence-electron chi connectivity index (χ0n) is 18.7. The van der Waals surface area contributed by atoms with Crippen molar-refractivity contribution in [3.05, 3.63) is 99.6 Å². The van der Waals surface area contributed by atoms with Gasteiger partial charge in [-0.05, 0) is 55.0 Å². The van der Waals surface area contributed by atoms with E-state index in [1.807, 2.05) is 25.1 Å². The maximum atomic E-state index is 13.6. The predicted molar refractivity (Wildman–Crippen MR) is 130 cm³/mol. The number of carbonyl (C=O) groups is 1. The Morgan fingerprint density at radius 3 is 2.58 bits per heavy atom. The van der Waals surface area contributed by atoms with Crippen LogP contribution in [0.5, 0.6) is 5.75 Å². The Balaban J connectivity index is 1.89. The van der Waals surface area contributed by atoms with Crippen LogP contribution < -0.4 is 10.3 Å². The van der Waals surface area contributed by atoms with E-state index in [2.05, 4.69) is 0 Å². The van der Waals surface area contributed by atoms with Gasteiger partial charge in [-0.15, -0.1) is 0 Å². The standard InChI is InChI=1S/C26H24ClN3O3/c1-4-23(29(2)25(31)17-9-7-12-20(15-17)33-3)24-28-22-14-6-5-13-21(22)26(32)30(24)19-11-8-10-18(27)16-19/h5-16,23H,4H2,1-3H3. The molecule has 6 nitrogen and oxygen atoms in total. The zero-order valence-corrected chi connectivity index (χ0v) is 19.4. The summed E-state index contributed by atoms with van der Waals surface area (Å²) in [7, 11) is 3.28. The number of halogens is 1. The van der Waals surface area contributed by atoms with Crippen molar-refractivity contribution in [1.82, 2.24) is 14.5 Å². The number of rotatable bonds is 6. The molecule has 1 aromatic heterocycles. The molecule has 0 spiro atoms. The van der Waals surface area contributed by atoms with E-state index in [0.29, 0.717) is 45.2 Å². The minimum atomic E-state index is -0.458. The number of hydrogen-bond acceptors (Lipinski definition) is 4. The Labute approximate surface area is 197 Å². The SMILES string of the molecule is CCC(c1nc2ccccc2c(=O)n1-c1cccc(Cl)c1)N(C)C(=O)c1cccc(OC)c1. The van der Waals surface area contributed by atoms with E-state index in [0.717, 1.165) is 0 Å². The molecule has 0 radical (unpaired) electrons. The summed E-state index contributed by atoms with van der Waals surface area (Å²) < 4.78 is 6.82. The second kappa shape index (κ2) is 9.46. The van der Waals surface area contributed by atoms with Gasteiger partial charge in [-0.25, -0.2) is 4.98 Å². The third kappa shape index (κ3) is 4.34. The largest absolute Gasteiger partial charge is 0.497 e. The Hall–Kier alpha value is -3.64. The van der Waals surface area contributed by atoms with Gasteiger partial charge in [0.2, 0.25) is 0 Å². The monoisotopic (exact) mass is 461 g/mol. The minimum Gasteiger partial charge on any atom is -0.497 e. The molecule has 0 N–H and O–H groups in total. The quantitative estimate of drug-likeness (QED) is 0.392. The molecule has 0 saturated carbocycles. The Kier molecular flexibility index (Phi) is 6.47. The maximum Gasteiger partial charge on any atom is 0.266 e. The van der Waals surface area contributed by atoms with Crippen molar-refractivity contribution in [2.75, 3.05) is 14.2 Å². The third-order valence-corrected chi connectivity index (χ3v) is 5.89. The molecule has 1 atom stereocenters. The van der Waals surface area contributed by atoms with Crippen molar-refractivity contribution in [2.24, 2.45) is 0 Å². The molecular formula is C26H24ClN3O3. The van der Waals surface area contributed by atoms with Gasteiger partial charge in [0, 0.05) is 17.6 Å². The normalized spacial score (nSPS) is 11.9. The summed E-state index contributed by atoms with van der Waals surface area (Å²) in [5, 5.41) is 1.00. The van der Waals surface area contributed by atoms with Crippen LogP contribution in [0.4, 0.5) is 0 Å². The lowest BCUT2D eigenvalue weighted by Crippen LogP contribution is -2.36. The third-order valence-electron chi connectivity index (χ3n) is 5.66. The van der Waals surface area contributed by atoms with Crippen LogP contribution in [0.25, 0.3) is 16.6 Å². The summed E-state index contributed by atoms with van der Waals surface area (Å²) in [4.78, 5) is 33.4. The zero-order chi connectivity index (χ0) is 23.5. The number of fused-ring (bicyclic) bond motifs is 1. The number of methoxy groups -OCH3 is 1. The summed E-state index contributed by atoms with van der Waals surface area (Å²) in [6, 6.07) is 20.8. The fourth-order valence-electron chi connectivity index (χ4n) is 3.97. The summed E-state index contributed by atoms with van der Waals surface area (Å²) in [5.41, 5.74) is 1.46. The van der Waals surface area contributed by atoms with E-state index in [1.54, 1.807) is 78.2 Å². The molecule has 168 valence electrons. The van der Waals surface area contributed by atoms with E-state index in [-0.39, 0.29) is 11.5 Å². The summed E-state index contributed by atoms with van der Waals surface area (Å²) >= 11 is 6.24. The first kappa shape index (κ1) is 22.6. The number of para-hydroxylation sites is 1. The molecular weight excluding hydrogens is 438 g/mol. The van der Waals surface area contributed by atoms with Gasteiger partial charge in [0.1, 0.15) is 11.6 Å². The molecule has 0 aliphatic carbocycles. The number of hydrogen-bond donors (Lipinski definition) is 0. The minimum absolute atomic E-state index is 0.194. The van der Waals surface area contributed by atoms with Crippen LogP contribution in [-0.4, -0.2) is 34.5 Å². The van der Waals surface area contributed by atoms with Crippen LogP contribution in [-0.2, 0) is 0 Å². The van der Waals surface area contributed by atoms with E-state index < -0.39 is 6.04 Å². The molecule has 0 bridgehead atoms. The number of benzene rings is 3. The van der Waals surface area contributed by atoms with E-state index in [9.17, 15) is 9.59 Å². The lowest BCUT2D eigenvalue weighted by molar-refractivity contribution is 0.0716. The van der Waals surface area contributed by atoms with E-state index in [1.165, 1.54) is 0 Å². The second-order valence-corrected chi connectivity index (χ2v) is 8.12. The van der Waals surface area contributed by atoms with Crippen LogP contribution in [0, 0.1) is 0 Å². The lowest BCUT2D eigenvalue weighted by atomic mass is 10.1. The highest BCUT2D eigenvalue weighted by molar-refractivity contribution is 6.30. The van der Waals surface area contributed by atoms with Crippen molar-refractivity contribution in [3.8, 4) is 11.4 Å². The van der Waals surface area contributed by atoms with Gasteiger partial charge < -0.3 is 9.64 Å². The highest BCUT2D eigenvalue weighted by Gasteiger charge is 2.27. The molecule has 1 amide bonds. The number of ether oxygens (including phenoxy) is 1. The molecule has 0 saturated heterocycles. The molecule has 1 heterocycles. The van der Waals surface area contributed by atoms with Gasteiger partial charge in [0.25, 0.3) is 11.5 Å². The van der Waals surface area contributed by atoms with Crippen LogP contribution in [0.1, 0.15) is 35.6 Å².